The van der Waals surface area contributed by atoms with Gasteiger partial charge in [-0.05, 0) is 31.0 Å². The van der Waals surface area contributed by atoms with Gasteiger partial charge in [0, 0.05) is 16.6 Å². The van der Waals surface area contributed by atoms with Crippen LogP contribution in [-0.2, 0) is 10.2 Å². The highest BCUT2D eigenvalue weighted by Gasteiger charge is 2.16. The number of halogens is 1. The number of aryl methyl sites for hydroxylation is 1. The SMILES string of the molecule is CCCNS(=O)(=O)Nc1ncnc(C)c1-c1ccc(Br)cc1. The van der Waals surface area contributed by atoms with Crippen LogP contribution in [0.4, 0.5) is 5.82 Å². The quantitative estimate of drug-likeness (QED) is 0.801. The first-order chi connectivity index (χ1) is 10.4. The monoisotopic (exact) mass is 384 g/mol. The van der Waals surface area contributed by atoms with Crippen molar-refractivity contribution in [1.29, 1.82) is 0 Å². The predicted molar refractivity (Wildman–Crippen MR) is 90.7 cm³/mol. The molecule has 0 fully saturated rings. The molecule has 2 rings (SSSR count). The molecule has 0 radical (unpaired) electrons. The number of benzene rings is 1. The molecule has 0 aliphatic carbocycles. The fraction of sp³-hybridized carbons (Fsp3) is 0.286. The third-order valence-electron chi connectivity index (χ3n) is 2.94. The van der Waals surface area contributed by atoms with E-state index < -0.39 is 10.2 Å². The molecule has 0 atom stereocenters. The van der Waals surface area contributed by atoms with E-state index in [0.717, 1.165) is 10.0 Å². The van der Waals surface area contributed by atoms with Crippen LogP contribution in [0.1, 0.15) is 19.0 Å². The number of rotatable bonds is 6. The van der Waals surface area contributed by atoms with Gasteiger partial charge in [-0.2, -0.15) is 13.1 Å². The van der Waals surface area contributed by atoms with E-state index in [1.807, 2.05) is 38.1 Å². The zero-order valence-electron chi connectivity index (χ0n) is 12.3. The Kier molecular flexibility index (Phi) is 5.49. The molecule has 0 unspecified atom stereocenters. The molecule has 8 heteroatoms. The number of hydrogen-bond donors (Lipinski definition) is 2. The lowest BCUT2D eigenvalue weighted by Gasteiger charge is -2.13. The minimum atomic E-state index is -3.65. The van der Waals surface area contributed by atoms with Gasteiger partial charge in [-0.25, -0.2) is 9.97 Å². The fourth-order valence-corrected chi connectivity index (χ4v) is 3.13. The van der Waals surface area contributed by atoms with E-state index >= 15 is 0 Å². The summed E-state index contributed by atoms with van der Waals surface area (Å²) in [4.78, 5) is 8.23. The van der Waals surface area contributed by atoms with Crippen LogP contribution in [0.5, 0.6) is 0 Å². The van der Waals surface area contributed by atoms with Crippen LogP contribution in [0.25, 0.3) is 11.1 Å². The Bertz CT molecular complexity index is 748. The van der Waals surface area contributed by atoms with Crippen LogP contribution < -0.4 is 9.44 Å². The van der Waals surface area contributed by atoms with Gasteiger partial charge >= 0.3 is 0 Å². The molecule has 1 heterocycles. The van der Waals surface area contributed by atoms with Crippen molar-refractivity contribution in [3.8, 4) is 11.1 Å². The summed E-state index contributed by atoms with van der Waals surface area (Å²) < 4.78 is 29.9. The summed E-state index contributed by atoms with van der Waals surface area (Å²) in [5.74, 6) is 0.262. The maximum Gasteiger partial charge on any atom is 0.300 e. The van der Waals surface area contributed by atoms with Crippen molar-refractivity contribution in [2.24, 2.45) is 0 Å². The molecule has 118 valence electrons. The maximum absolute atomic E-state index is 12.0. The van der Waals surface area contributed by atoms with Crippen LogP contribution in [0, 0.1) is 6.92 Å². The molecule has 0 bridgehead atoms. The number of anilines is 1. The highest BCUT2D eigenvalue weighted by atomic mass is 79.9. The van der Waals surface area contributed by atoms with Crippen molar-refractivity contribution >= 4 is 32.0 Å². The molecule has 22 heavy (non-hydrogen) atoms. The predicted octanol–water partition coefficient (Wildman–Crippen LogP) is 2.87. The third kappa shape index (κ3) is 4.25. The highest BCUT2D eigenvalue weighted by Crippen LogP contribution is 2.29. The Morgan fingerprint density at radius 2 is 1.86 bits per heavy atom. The van der Waals surface area contributed by atoms with Crippen molar-refractivity contribution < 1.29 is 8.42 Å². The molecule has 1 aromatic carbocycles. The summed E-state index contributed by atoms with van der Waals surface area (Å²) in [5.41, 5.74) is 2.21. The molecule has 2 aromatic rings. The molecule has 2 N–H and O–H groups in total. The molecule has 0 amide bonds. The van der Waals surface area contributed by atoms with Gasteiger partial charge in [0.1, 0.15) is 6.33 Å². The number of nitrogens with one attached hydrogen (secondary N) is 2. The summed E-state index contributed by atoms with van der Waals surface area (Å²) in [6, 6.07) is 7.53. The summed E-state index contributed by atoms with van der Waals surface area (Å²) >= 11 is 3.38. The number of aromatic nitrogens is 2. The minimum absolute atomic E-state index is 0.262. The Morgan fingerprint density at radius 1 is 1.18 bits per heavy atom. The lowest BCUT2D eigenvalue weighted by Crippen LogP contribution is -2.31. The Hall–Kier alpha value is -1.51. The first-order valence-electron chi connectivity index (χ1n) is 6.78. The second-order valence-electron chi connectivity index (χ2n) is 4.69. The molecular formula is C14H17BrN4O2S. The lowest BCUT2D eigenvalue weighted by molar-refractivity contribution is 0.586. The Labute approximate surface area is 138 Å². The smallest absolute Gasteiger partial charge is 0.254 e. The minimum Gasteiger partial charge on any atom is -0.254 e. The second-order valence-corrected chi connectivity index (χ2v) is 7.10. The molecule has 0 saturated heterocycles. The zero-order valence-corrected chi connectivity index (χ0v) is 14.7. The van der Waals surface area contributed by atoms with Crippen molar-refractivity contribution in [3.63, 3.8) is 0 Å². The van der Waals surface area contributed by atoms with Gasteiger partial charge in [0.15, 0.2) is 5.82 Å². The van der Waals surface area contributed by atoms with Gasteiger partial charge < -0.3 is 0 Å². The summed E-state index contributed by atoms with van der Waals surface area (Å²) in [5, 5.41) is 0. The van der Waals surface area contributed by atoms with Crippen LogP contribution in [0.2, 0.25) is 0 Å². The summed E-state index contributed by atoms with van der Waals surface area (Å²) in [6.45, 7) is 4.08. The van der Waals surface area contributed by atoms with Crippen LogP contribution >= 0.6 is 15.9 Å². The molecule has 1 aromatic heterocycles. The van der Waals surface area contributed by atoms with Crippen molar-refractivity contribution in [1.82, 2.24) is 14.7 Å². The zero-order chi connectivity index (χ0) is 16.2. The largest absolute Gasteiger partial charge is 0.300 e. The fourth-order valence-electron chi connectivity index (χ4n) is 1.91. The standard InChI is InChI=1S/C14H17BrN4O2S/c1-3-8-18-22(20,21)19-14-13(10(2)16-9-17-14)11-4-6-12(15)7-5-11/h4-7,9,18H,3,8H2,1-2H3,(H,16,17,19). The maximum atomic E-state index is 12.0. The Morgan fingerprint density at radius 3 is 2.50 bits per heavy atom. The van der Waals surface area contributed by atoms with Crippen LogP contribution in [0.15, 0.2) is 35.1 Å². The van der Waals surface area contributed by atoms with Gasteiger partial charge in [-0.3, -0.25) is 4.72 Å². The molecule has 0 aliphatic heterocycles. The average molecular weight is 385 g/mol. The Balaban J connectivity index is 2.41. The van der Waals surface area contributed by atoms with E-state index in [-0.39, 0.29) is 5.82 Å². The first kappa shape index (κ1) is 16.9. The molecular weight excluding hydrogens is 368 g/mol. The average Bonchev–Trinajstić information content (AvgIpc) is 2.46. The summed E-state index contributed by atoms with van der Waals surface area (Å²) in [6.07, 6.45) is 2.05. The summed E-state index contributed by atoms with van der Waals surface area (Å²) in [7, 11) is -3.65. The van der Waals surface area contributed by atoms with E-state index in [2.05, 4.69) is 35.3 Å². The number of nitrogens with zero attached hydrogens (tertiary/aromatic N) is 2. The van der Waals surface area contributed by atoms with E-state index in [4.69, 9.17) is 0 Å². The van der Waals surface area contributed by atoms with E-state index in [0.29, 0.717) is 24.2 Å². The highest BCUT2D eigenvalue weighted by molar-refractivity contribution is 9.10. The van der Waals surface area contributed by atoms with Crippen LogP contribution in [0.3, 0.4) is 0 Å². The van der Waals surface area contributed by atoms with Gasteiger partial charge in [0.2, 0.25) is 0 Å². The van der Waals surface area contributed by atoms with Gasteiger partial charge in [-0.1, -0.05) is 35.0 Å². The van der Waals surface area contributed by atoms with Gasteiger partial charge in [-0.15, -0.1) is 0 Å². The molecule has 6 nitrogen and oxygen atoms in total. The van der Waals surface area contributed by atoms with Crippen LogP contribution in [-0.4, -0.2) is 24.9 Å². The van der Waals surface area contributed by atoms with Crippen molar-refractivity contribution in [2.45, 2.75) is 20.3 Å². The number of hydrogen-bond acceptors (Lipinski definition) is 4. The lowest BCUT2D eigenvalue weighted by atomic mass is 10.1. The molecule has 0 aliphatic rings. The van der Waals surface area contributed by atoms with Crippen molar-refractivity contribution in [2.75, 3.05) is 11.3 Å². The van der Waals surface area contributed by atoms with Gasteiger partial charge in [0.25, 0.3) is 10.2 Å². The van der Waals surface area contributed by atoms with E-state index in [1.165, 1.54) is 6.33 Å². The topological polar surface area (TPSA) is 84.0 Å². The van der Waals surface area contributed by atoms with E-state index in [9.17, 15) is 8.42 Å². The molecule has 0 saturated carbocycles. The third-order valence-corrected chi connectivity index (χ3v) is 4.52. The van der Waals surface area contributed by atoms with E-state index in [1.54, 1.807) is 0 Å². The second kappa shape index (κ2) is 7.17. The van der Waals surface area contributed by atoms with Gasteiger partial charge in [0.05, 0.1) is 5.69 Å². The molecule has 0 spiro atoms. The normalized spacial score (nSPS) is 11.4. The van der Waals surface area contributed by atoms with Crippen molar-refractivity contribution in [3.05, 3.63) is 40.8 Å². The first-order valence-corrected chi connectivity index (χ1v) is 9.05.